The van der Waals surface area contributed by atoms with E-state index in [9.17, 15) is 13.2 Å². The van der Waals surface area contributed by atoms with Crippen LogP contribution in [-0.2, 0) is 14.8 Å². The van der Waals surface area contributed by atoms with E-state index in [-0.39, 0.29) is 17.2 Å². The molecule has 0 unspecified atom stereocenters. The van der Waals surface area contributed by atoms with Crippen molar-refractivity contribution in [1.29, 1.82) is 0 Å². The fourth-order valence-electron chi connectivity index (χ4n) is 2.66. The average Bonchev–Trinajstić information content (AvgIpc) is 2.47. The predicted molar refractivity (Wildman–Crippen MR) is 79.5 cm³/mol. The molecule has 0 aliphatic carbocycles. The molecule has 1 aliphatic heterocycles. The maximum absolute atomic E-state index is 12.8. The van der Waals surface area contributed by atoms with Crippen molar-refractivity contribution in [1.82, 2.24) is 9.29 Å². The molecule has 1 aliphatic rings. The summed E-state index contributed by atoms with van der Waals surface area (Å²) in [5.74, 6) is -0.0284. The number of carbonyl (C=O) groups excluding carboxylic acids is 1. The molecule has 2 aromatic rings. The summed E-state index contributed by atoms with van der Waals surface area (Å²) < 4.78 is 26.9. The van der Waals surface area contributed by atoms with Gasteiger partial charge >= 0.3 is 0 Å². The van der Waals surface area contributed by atoms with Crippen molar-refractivity contribution in [3.05, 3.63) is 36.0 Å². The number of aromatic nitrogens is 1. The van der Waals surface area contributed by atoms with E-state index in [2.05, 4.69) is 4.98 Å². The minimum absolute atomic E-state index is 0.0284. The first-order valence-corrected chi connectivity index (χ1v) is 8.30. The number of hydrogen-bond acceptors (Lipinski definition) is 4. The normalized spacial score (nSPS) is 17.3. The Labute approximate surface area is 123 Å². The van der Waals surface area contributed by atoms with Gasteiger partial charge in [-0.25, -0.2) is 8.42 Å². The van der Waals surface area contributed by atoms with Gasteiger partial charge in [0.05, 0.1) is 17.0 Å². The summed E-state index contributed by atoms with van der Waals surface area (Å²) in [5.41, 5.74) is 1.61. The lowest BCUT2D eigenvalue weighted by Crippen LogP contribution is -2.40. The lowest BCUT2D eigenvalue weighted by Gasteiger charge is -2.25. The standard InChI is InChI=1S/C15H16N2O3S/c1-11-6-7-14(13-5-2-8-16-15(11)13)21(19,20)17-9-3-4-12(18)10-17/h2,5-8H,3-4,9-10H2,1H3. The molecule has 0 bridgehead atoms. The number of rotatable bonds is 2. The van der Waals surface area contributed by atoms with Gasteiger partial charge in [0.15, 0.2) is 0 Å². The van der Waals surface area contributed by atoms with Gasteiger partial charge in [-0.2, -0.15) is 4.31 Å². The highest BCUT2D eigenvalue weighted by molar-refractivity contribution is 7.89. The molecule has 3 rings (SSSR count). The zero-order valence-corrected chi connectivity index (χ0v) is 12.6. The van der Waals surface area contributed by atoms with Crippen molar-refractivity contribution in [3.8, 4) is 0 Å². The maximum Gasteiger partial charge on any atom is 0.244 e. The maximum atomic E-state index is 12.8. The Bertz CT molecular complexity index is 815. The molecular weight excluding hydrogens is 288 g/mol. The van der Waals surface area contributed by atoms with Crippen molar-refractivity contribution in [2.75, 3.05) is 13.1 Å². The van der Waals surface area contributed by atoms with Crippen LogP contribution in [0.3, 0.4) is 0 Å². The molecule has 0 spiro atoms. The molecule has 0 amide bonds. The van der Waals surface area contributed by atoms with Crippen LogP contribution in [0.2, 0.25) is 0 Å². The molecule has 2 heterocycles. The van der Waals surface area contributed by atoms with E-state index >= 15 is 0 Å². The molecule has 1 aromatic carbocycles. The second-order valence-electron chi connectivity index (χ2n) is 5.26. The van der Waals surface area contributed by atoms with Gasteiger partial charge in [0, 0.05) is 24.5 Å². The van der Waals surface area contributed by atoms with Gasteiger partial charge in [-0.15, -0.1) is 0 Å². The molecule has 0 saturated carbocycles. The first kappa shape index (κ1) is 14.2. The molecule has 1 aromatic heterocycles. The number of benzene rings is 1. The van der Waals surface area contributed by atoms with Gasteiger partial charge in [-0.3, -0.25) is 9.78 Å². The van der Waals surface area contributed by atoms with Crippen LogP contribution in [0.1, 0.15) is 18.4 Å². The Morgan fingerprint density at radius 3 is 2.81 bits per heavy atom. The van der Waals surface area contributed by atoms with E-state index in [1.54, 1.807) is 30.5 Å². The third-order valence-corrected chi connectivity index (χ3v) is 5.67. The highest BCUT2D eigenvalue weighted by atomic mass is 32.2. The largest absolute Gasteiger partial charge is 0.298 e. The Morgan fingerprint density at radius 2 is 2.05 bits per heavy atom. The van der Waals surface area contributed by atoms with Crippen LogP contribution in [0.4, 0.5) is 0 Å². The van der Waals surface area contributed by atoms with Crippen molar-refractivity contribution in [2.45, 2.75) is 24.7 Å². The minimum atomic E-state index is -3.67. The zero-order chi connectivity index (χ0) is 15.0. The van der Waals surface area contributed by atoms with Gasteiger partial charge < -0.3 is 0 Å². The van der Waals surface area contributed by atoms with Crippen LogP contribution in [-0.4, -0.2) is 36.6 Å². The number of carbonyl (C=O) groups is 1. The van der Waals surface area contributed by atoms with E-state index < -0.39 is 10.0 Å². The molecule has 0 atom stereocenters. The van der Waals surface area contributed by atoms with Crippen LogP contribution < -0.4 is 0 Å². The third kappa shape index (κ3) is 2.45. The average molecular weight is 304 g/mol. The lowest BCUT2D eigenvalue weighted by molar-refractivity contribution is -0.120. The molecule has 5 nitrogen and oxygen atoms in total. The summed E-state index contributed by atoms with van der Waals surface area (Å²) >= 11 is 0. The quantitative estimate of drug-likeness (QED) is 0.850. The van der Waals surface area contributed by atoms with Crippen molar-refractivity contribution in [2.24, 2.45) is 0 Å². The number of piperidine rings is 1. The van der Waals surface area contributed by atoms with E-state index in [0.717, 1.165) is 5.56 Å². The number of sulfonamides is 1. The topological polar surface area (TPSA) is 67.3 Å². The molecule has 110 valence electrons. The Kier molecular flexibility index (Phi) is 3.51. The van der Waals surface area contributed by atoms with Gasteiger partial charge in [0.25, 0.3) is 0 Å². The molecule has 21 heavy (non-hydrogen) atoms. The predicted octanol–water partition coefficient (Wildman–Crippen LogP) is 1.90. The lowest BCUT2D eigenvalue weighted by atomic mass is 10.1. The van der Waals surface area contributed by atoms with Crippen molar-refractivity contribution in [3.63, 3.8) is 0 Å². The fraction of sp³-hybridized carbons (Fsp3) is 0.333. The summed E-state index contributed by atoms with van der Waals surface area (Å²) in [5, 5.41) is 0.607. The SMILES string of the molecule is Cc1ccc(S(=O)(=O)N2CCCC(=O)C2)c2cccnc12. The van der Waals surface area contributed by atoms with E-state index in [0.29, 0.717) is 30.3 Å². The minimum Gasteiger partial charge on any atom is -0.298 e. The highest BCUT2D eigenvalue weighted by Crippen LogP contribution is 2.27. The Morgan fingerprint density at radius 1 is 1.24 bits per heavy atom. The third-order valence-electron chi connectivity index (χ3n) is 3.77. The number of pyridine rings is 1. The molecule has 0 radical (unpaired) electrons. The van der Waals surface area contributed by atoms with Crippen LogP contribution in [0.5, 0.6) is 0 Å². The first-order valence-electron chi connectivity index (χ1n) is 6.86. The zero-order valence-electron chi connectivity index (χ0n) is 11.7. The number of hydrogen-bond donors (Lipinski definition) is 0. The van der Waals surface area contributed by atoms with Gasteiger partial charge in [0.1, 0.15) is 5.78 Å². The number of ketones is 1. The highest BCUT2D eigenvalue weighted by Gasteiger charge is 2.30. The smallest absolute Gasteiger partial charge is 0.244 e. The Hall–Kier alpha value is -1.79. The summed E-state index contributed by atoms with van der Waals surface area (Å²) in [6, 6.07) is 6.85. The number of Topliss-reactive ketones (excluding diaryl/α,β-unsaturated/α-hetero) is 1. The second kappa shape index (κ2) is 5.20. The summed E-state index contributed by atoms with van der Waals surface area (Å²) in [6.45, 7) is 2.26. The van der Waals surface area contributed by atoms with Crippen LogP contribution in [0, 0.1) is 6.92 Å². The van der Waals surface area contributed by atoms with E-state index in [4.69, 9.17) is 0 Å². The summed E-state index contributed by atoms with van der Waals surface area (Å²) in [4.78, 5) is 16.0. The monoisotopic (exact) mass is 304 g/mol. The second-order valence-corrected chi connectivity index (χ2v) is 7.17. The summed E-state index contributed by atoms with van der Waals surface area (Å²) in [7, 11) is -3.67. The summed E-state index contributed by atoms with van der Waals surface area (Å²) in [6.07, 6.45) is 2.69. The molecule has 1 saturated heterocycles. The van der Waals surface area contributed by atoms with Crippen molar-refractivity contribution < 1.29 is 13.2 Å². The molecule has 1 fully saturated rings. The van der Waals surface area contributed by atoms with Gasteiger partial charge in [-0.05, 0) is 37.1 Å². The molecular formula is C15H16N2O3S. The van der Waals surface area contributed by atoms with Gasteiger partial charge in [0.2, 0.25) is 10.0 Å². The van der Waals surface area contributed by atoms with Crippen molar-refractivity contribution >= 4 is 26.7 Å². The number of aryl methyl sites for hydroxylation is 1. The molecule has 0 N–H and O–H groups in total. The van der Waals surface area contributed by atoms with Crippen LogP contribution in [0.25, 0.3) is 10.9 Å². The number of nitrogens with zero attached hydrogens (tertiary/aromatic N) is 2. The fourth-order valence-corrected chi connectivity index (χ4v) is 4.31. The Balaban J connectivity index is 2.15. The van der Waals surface area contributed by atoms with E-state index in [1.807, 2.05) is 6.92 Å². The van der Waals surface area contributed by atoms with Crippen LogP contribution >= 0.6 is 0 Å². The van der Waals surface area contributed by atoms with Gasteiger partial charge in [-0.1, -0.05) is 6.07 Å². The molecule has 6 heteroatoms. The van der Waals surface area contributed by atoms with Crippen LogP contribution in [0.15, 0.2) is 35.4 Å². The first-order chi connectivity index (χ1) is 10.00. The number of fused-ring (bicyclic) bond motifs is 1. The van der Waals surface area contributed by atoms with E-state index in [1.165, 1.54) is 4.31 Å².